The van der Waals surface area contributed by atoms with Gasteiger partial charge >= 0.3 is 0 Å². The first-order valence-corrected chi connectivity index (χ1v) is 7.68. The van der Waals surface area contributed by atoms with Crippen LogP contribution in [0.15, 0.2) is 24.3 Å². The summed E-state index contributed by atoms with van der Waals surface area (Å²) in [6.07, 6.45) is 7.92. The summed E-state index contributed by atoms with van der Waals surface area (Å²) >= 11 is 0. The molecule has 0 fully saturated rings. The smallest absolute Gasteiger partial charge is 0.0139 e. The summed E-state index contributed by atoms with van der Waals surface area (Å²) in [5.41, 5.74) is 3.17. The molecular formula is C17H27N. The van der Waals surface area contributed by atoms with Crippen molar-refractivity contribution in [1.29, 1.82) is 0 Å². The van der Waals surface area contributed by atoms with E-state index in [4.69, 9.17) is 0 Å². The van der Waals surface area contributed by atoms with Crippen LogP contribution < -0.4 is 5.32 Å². The van der Waals surface area contributed by atoms with Gasteiger partial charge in [-0.3, -0.25) is 0 Å². The molecule has 18 heavy (non-hydrogen) atoms. The van der Waals surface area contributed by atoms with Gasteiger partial charge in [0.25, 0.3) is 0 Å². The van der Waals surface area contributed by atoms with Crippen LogP contribution in [-0.4, -0.2) is 12.6 Å². The molecule has 0 spiro atoms. The number of hydrogen-bond acceptors (Lipinski definition) is 1. The molecule has 0 aromatic heterocycles. The summed E-state index contributed by atoms with van der Waals surface area (Å²) in [6.45, 7) is 5.70. The van der Waals surface area contributed by atoms with E-state index in [1.54, 1.807) is 11.1 Å². The van der Waals surface area contributed by atoms with Crippen molar-refractivity contribution in [2.75, 3.05) is 6.54 Å². The largest absolute Gasteiger partial charge is 0.313 e. The van der Waals surface area contributed by atoms with Crippen LogP contribution in [0.2, 0.25) is 0 Å². The van der Waals surface area contributed by atoms with E-state index in [1.165, 1.54) is 38.5 Å². The van der Waals surface area contributed by atoms with Gasteiger partial charge in [-0.2, -0.15) is 0 Å². The van der Waals surface area contributed by atoms with E-state index in [2.05, 4.69) is 43.4 Å². The SMILES string of the molecule is CCCCCC(NCCC)C1Cc2ccccc21. The van der Waals surface area contributed by atoms with Crippen molar-refractivity contribution in [3.05, 3.63) is 35.4 Å². The summed E-state index contributed by atoms with van der Waals surface area (Å²) in [7, 11) is 0. The molecule has 1 aromatic carbocycles. The normalized spacial score (nSPS) is 19.1. The molecule has 1 heteroatoms. The summed E-state index contributed by atoms with van der Waals surface area (Å²) in [5, 5.41) is 3.77. The van der Waals surface area contributed by atoms with Crippen LogP contribution in [0.25, 0.3) is 0 Å². The van der Waals surface area contributed by atoms with E-state index in [-0.39, 0.29) is 0 Å². The number of benzene rings is 1. The third-order valence-electron chi connectivity index (χ3n) is 4.16. The topological polar surface area (TPSA) is 12.0 Å². The van der Waals surface area contributed by atoms with Crippen LogP contribution in [0.3, 0.4) is 0 Å². The Morgan fingerprint density at radius 3 is 2.72 bits per heavy atom. The summed E-state index contributed by atoms with van der Waals surface area (Å²) in [5.74, 6) is 0.768. The first kappa shape index (κ1) is 13.6. The maximum absolute atomic E-state index is 3.77. The zero-order chi connectivity index (χ0) is 12.8. The Morgan fingerprint density at radius 1 is 1.17 bits per heavy atom. The molecule has 1 N–H and O–H groups in total. The van der Waals surface area contributed by atoms with Gasteiger partial charge in [-0.15, -0.1) is 0 Å². The zero-order valence-corrected chi connectivity index (χ0v) is 11.9. The Labute approximate surface area is 112 Å². The predicted octanol–water partition coefficient (Wildman–Crippen LogP) is 4.27. The molecule has 2 atom stereocenters. The molecule has 2 rings (SSSR count). The van der Waals surface area contributed by atoms with E-state index in [0.717, 1.165) is 12.5 Å². The number of hydrogen-bond donors (Lipinski definition) is 1. The highest BCUT2D eigenvalue weighted by molar-refractivity contribution is 5.41. The lowest BCUT2D eigenvalue weighted by Gasteiger charge is -2.37. The van der Waals surface area contributed by atoms with E-state index in [0.29, 0.717) is 6.04 Å². The van der Waals surface area contributed by atoms with Crippen molar-refractivity contribution in [3.63, 3.8) is 0 Å². The molecule has 0 heterocycles. The molecule has 0 amide bonds. The third kappa shape index (κ3) is 3.14. The van der Waals surface area contributed by atoms with Crippen LogP contribution in [-0.2, 0) is 6.42 Å². The number of rotatable bonds is 8. The highest BCUT2D eigenvalue weighted by atomic mass is 14.9. The van der Waals surface area contributed by atoms with Crippen molar-refractivity contribution < 1.29 is 0 Å². The van der Waals surface area contributed by atoms with E-state index in [1.807, 2.05) is 0 Å². The van der Waals surface area contributed by atoms with Gasteiger partial charge in [-0.05, 0) is 36.9 Å². The predicted molar refractivity (Wildman–Crippen MR) is 79.1 cm³/mol. The van der Waals surface area contributed by atoms with Gasteiger partial charge < -0.3 is 5.32 Å². The molecule has 1 aliphatic rings. The number of nitrogens with one attached hydrogen (secondary N) is 1. The lowest BCUT2D eigenvalue weighted by Crippen LogP contribution is -2.40. The highest BCUT2D eigenvalue weighted by Crippen LogP contribution is 2.38. The van der Waals surface area contributed by atoms with Crippen molar-refractivity contribution in [1.82, 2.24) is 5.32 Å². The molecule has 1 aliphatic carbocycles. The molecular weight excluding hydrogens is 218 g/mol. The Bertz CT molecular complexity index is 358. The Hall–Kier alpha value is -0.820. The highest BCUT2D eigenvalue weighted by Gasteiger charge is 2.31. The molecule has 100 valence electrons. The third-order valence-corrected chi connectivity index (χ3v) is 4.16. The summed E-state index contributed by atoms with van der Waals surface area (Å²) in [6, 6.07) is 9.67. The van der Waals surface area contributed by atoms with Gasteiger partial charge in [0, 0.05) is 12.0 Å². The molecule has 1 aromatic rings. The van der Waals surface area contributed by atoms with Crippen LogP contribution in [0.1, 0.15) is 63.0 Å². The molecule has 0 bridgehead atoms. The standard InChI is InChI=1S/C17H27N/c1-3-5-6-11-17(18-12-4-2)16-13-14-9-7-8-10-15(14)16/h7-10,16-18H,3-6,11-13H2,1-2H3. The van der Waals surface area contributed by atoms with Gasteiger partial charge in [0.05, 0.1) is 0 Å². The van der Waals surface area contributed by atoms with Gasteiger partial charge in [0.2, 0.25) is 0 Å². The molecule has 0 saturated carbocycles. The molecule has 0 radical (unpaired) electrons. The first-order valence-electron chi connectivity index (χ1n) is 7.68. The van der Waals surface area contributed by atoms with Gasteiger partial charge in [-0.25, -0.2) is 0 Å². The van der Waals surface area contributed by atoms with Crippen molar-refractivity contribution in [2.24, 2.45) is 0 Å². The summed E-state index contributed by atoms with van der Waals surface area (Å²) < 4.78 is 0. The second-order valence-electron chi connectivity index (χ2n) is 5.57. The lowest BCUT2D eigenvalue weighted by molar-refractivity contribution is 0.368. The van der Waals surface area contributed by atoms with Gasteiger partial charge in [-0.1, -0.05) is 57.4 Å². The van der Waals surface area contributed by atoms with Crippen LogP contribution in [0.4, 0.5) is 0 Å². The molecule has 2 unspecified atom stereocenters. The second kappa shape index (κ2) is 6.94. The number of unbranched alkanes of at least 4 members (excludes halogenated alkanes) is 2. The molecule has 0 aliphatic heterocycles. The van der Waals surface area contributed by atoms with Crippen LogP contribution >= 0.6 is 0 Å². The Kier molecular flexibility index (Phi) is 5.25. The number of fused-ring (bicyclic) bond motifs is 1. The molecule has 0 saturated heterocycles. The lowest BCUT2D eigenvalue weighted by atomic mass is 9.72. The fourth-order valence-electron chi connectivity index (χ4n) is 3.05. The zero-order valence-electron chi connectivity index (χ0n) is 11.9. The minimum atomic E-state index is 0.700. The van der Waals surface area contributed by atoms with Crippen molar-refractivity contribution in [2.45, 2.75) is 64.3 Å². The fraction of sp³-hybridized carbons (Fsp3) is 0.647. The second-order valence-corrected chi connectivity index (χ2v) is 5.57. The Balaban J connectivity index is 1.93. The van der Waals surface area contributed by atoms with E-state index >= 15 is 0 Å². The monoisotopic (exact) mass is 245 g/mol. The van der Waals surface area contributed by atoms with Crippen LogP contribution in [0, 0.1) is 0 Å². The molecule has 1 nitrogen and oxygen atoms in total. The van der Waals surface area contributed by atoms with E-state index < -0.39 is 0 Å². The minimum absolute atomic E-state index is 0.700. The minimum Gasteiger partial charge on any atom is -0.313 e. The fourth-order valence-corrected chi connectivity index (χ4v) is 3.05. The van der Waals surface area contributed by atoms with Gasteiger partial charge in [0.15, 0.2) is 0 Å². The first-order chi connectivity index (χ1) is 8.86. The van der Waals surface area contributed by atoms with Gasteiger partial charge in [0.1, 0.15) is 0 Å². The Morgan fingerprint density at radius 2 is 2.00 bits per heavy atom. The van der Waals surface area contributed by atoms with Crippen molar-refractivity contribution >= 4 is 0 Å². The maximum Gasteiger partial charge on any atom is 0.0139 e. The van der Waals surface area contributed by atoms with Crippen molar-refractivity contribution in [3.8, 4) is 0 Å². The maximum atomic E-state index is 3.77. The quantitative estimate of drug-likeness (QED) is 0.674. The summed E-state index contributed by atoms with van der Waals surface area (Å²) in [4.78, 5) is 0. The van der Waals surface area contributed by atoms with E-state index in [9.17, 15) is 0 Å². The van der Waals surface area contributed by atoms with Crippen LogP contribution in [0.5, 0.6) is 0 Å². The average Bonchev–Trinajstić information content (AvgIpc) is 2.37. The average molecular weight is 245 g/mol.